The Morgan fingerprint density at radius 3 is 2.58 bits per heavy atom. The lowest BCUT2D eigenvalue weighted by Crippen LogP contribution is -2.19. The summed E-state index contributed by atoms with van der Waals surface area (Å²) < 4.78 is 0. The Bertz CT molecular complexity index is 210. The van der Waals surface area contributed by atoms with E-state index in [1.165, 1.54) is 5.56 Å². The molecular weight excluding hydrogens is 150 g/mol. The third kappa shape index (κ3) is 3.03. The van der Waals surface area contributed by atoms with E-state index in [1.54, 1.807) is 7.05 Å². The first-order chi connectivity index (χ1) is 5.83. The first-order valence-electron chi connectivity index (χ1n) is 4.19. The van der Waals surface area contributed by atoms with E-state index in [9.17, 15) is 0 Å². The predicted octanol–water partition coefficient (Wildman–Crippen LogP) is 1.77. The van der Waals surface area contributed by atoms with Gasteiger partial charge in [0, 0.05) is 13.5 Å². The molecular formula is C10H15NO. The van der Waals surface area contributed by atoms with E-state index in [4.69, 9.17) is 4.84 Å². The second-order valence-electron chi connectivity index (χ2n) is 2.82. The molecule has 0 radical (unpaired) electrons. The summed E-state index contributed by atoms with van der Waals surface area (Å²) in [7, 11) is 1.78. The fourth-order valence-electron chi connectivity index (χ4n) is 1.19. The number of hydrogen-bond donors (Lipinski definition) is 1. The van der Waals surface area contributed by atoms with Crippen LogP contribution in [0.4, 0.5) is 0 Å². The number of nitrogens with one attached hydrogen (secondary N) is 1. The van der Waals surface area contributed by atoms with Crippen LogP contribution in [0.2, 0.25) is 0 Å². The van der Waals surface area contributed by atoms with Gasteiger partial charge in [-0.2, -0.15) is 0 Å². The summed E-state index contributed by atoms with van der Waals surface area (Å²) in [6.45, 7) is 2.05. The van der Waals surface area contributed by atoms with Gasteiger partial charge in [0.2, 0.25) is 0 Å². The van der Waals surface area contributed by atoms with Crippen LogP contribution in [0.5, 0.6) is 0 Å². The molecule has 1 rings (SSSR count). The summed E-state index contributed by atoms with van der Waals surface area (Å²) in [6, 6.07) is 10.3. The van der Waals surface area contributed by atoms with Gasteiger partial charge >= 0.3 is 0 Å². The highest BCUT2D eigenvalue weighted by Gasteiger charge is 2.01. The Kier molecular flexibility index (Phi) is 3.77. The Morgan fingerprint density at radius 1 is 1.33 bits per heavy atom. The molecule has 1 unspecified atom stereocenters. The van der Waals surface area contributed by atoms with Crippen molar-refractivity contribution in [1.82, 2.24) is 5.48 Å². The molecule has 0 bridgehead atoms. The van der Waals surface area contributed by atoms with Crippen LogP contribution in [0.3, 0.4) is 0 Å². The largest absolute Gasteiger partial charge is 0.299 e. The van der Waals surface area contributed by atoms with E-state index in [1.807, 2.05) is 25.1 Å². The molecule has 0 fully saturated rings. The van der Waals surface area contributed by atoms with Crippen molar-refractivity contribution < 1.29 is 4.84 Å². The van der Waals surface area contributed by atoms with Crippen LogP contribution in [0.25, 0.3) is 0 Å². The summed E-state index contributed by atoms with van der Waals surface area (Å²) in [4.78, 5) is 5.20. The van der Waals surface area contributed by atoms with E-state index >= 15 is 0 Å². The Balaban J connectivity index is 2.41. The fraction of sp³-hybridized carbons (Fsp3) is 0.400. The average Bonchev–Trinajstić information content (AvgIpc) is 2.06. The molecule has 0 spiro atoms. The molecule has 12 heavy (non-hydrogen) atoms. The molecule has 0 aliphatic carbocycles. The molecule has 2 nitrogen and oxygen atoms in total. The maximum atomic E-state index is 5.20. The first-order valence-corrected chi connectivity index (χ1v) is 4.19. The highest BCUT2D eigenvalue weighted by atomic mass is 16.7. The molecule has 1 N–H and O–H groups in total. The fourth-order valence-corrected chi connectivity index (χ4v) is 1.19. The highest BCUT2D eigenvalue weighted by Crippen LogP contribution is 2.03. The zero-order valence-corrected chi connectivity index (χ0v) is 7.58. The van der Waals surface area contributed by atoms with Gasteiger partial charge in [-0.15, -0.1) is 0 Å². The first kappa shape index (κ1) is 9.23. The summed E-state index contributed by atoms with van der Waals surface area (Å²) in [5.74, 6) is 0. The second kappa shape index (κ2) is 4.91. The minimum absolute atomic E-state index is 0.220. The van der Waals surface area contributed by atoms with Gasteiger partial charge in [-0.25, -0.2) is 5.48 Å². The maximum Gasteiger partial charge on any atom is 0.0802 e. The van der Waals surface area contributed by atoms with Gasteiger partial charge in [0.05, 0.1) is 6.10 Å². The molecule has 1 aromatic rings. The van der Waals surface area contributed by atoms with Crippen molar-refractivity contribution in [3.63, 3.8) is 0 Å². The summed E-state index contributed by atoms with van der Waals surface area (Å²) in [5.41, 5.74) is 3.99. The summed E-state index contributed by atoms with van der Waals surface area (Å²) in [6.07, 6.45) is 1.17. The lowest BCUT2D eigenvalue weighted by Gasteiger charge is -2.10. The molecule has 2 heteroatoms. The number of rotatable bonds is 4. The SMILES string of the molecule is CNOC(C)Cc1ccccc1. The van der Waals surface area contributed by atoms with E-state index in [0.717, 1.165) is 6.42 Å². The van der Waals surface area contributed by atoms with Crippen molar-refractivity contribution in [2.24, 2.45) is 0 Å². The van der Waals surface area contributed by atoms with E-state index in [-0.39, 0.29) is 6.10 Å². The van der Waals surface area contributed by atoms with Crippen molar-refractivity contribution in [3.05, 3.63) is 35.9 Å². The lowest BCUT2D eigenvalue weighted by atomic mass is 10.1. The van der Waals surface area contributed by atoms with Gasteiger partial charge < -0.3 is 0 Å². The van der Waals surface area contributed by atoms with E-state index in [0.29, 0.717) is 0 Å². The van der Waals surface area contributed by atoms with Crippen LogP contribution in [0.15, 0.2) is 30.3 Å². The minimum atomic E-state index is 0.220. The third-order valence-corrected chi connectivity index (χ3v) is 1.69. The van der Waals surface area contributed by atoms with E-state index in [2.05, 4.69) is 17.6 Å². The van der Waals surface area contributed by atoms with Crippen LogP contribution in [-0.4, -0.2) is 13.2 Å². The standard InChI is InChI=1S/C10H15NO/c1-9(12-11-2)8-10-6-4-3-5-7-10/h3-7,9,11H,8H2,1-2H3. The van der Waals surface area contributed by atoms with Gasteiger partial charge in [-0.3, -0.25) is 4.84 Å². The molecule has 0 saturated carbocycles. The topological polar surface area (TPSA) is 21.3 Å². The number of hydroxylamine groups is 1. The van der Waals surface area contributed by atoms with Crippen LogP contribution in [-0.2, 0) is 11.3 Å². The van der Waals surface area contributed by atoms with Crippen LogP contribution in [0, 0.1) is 0 Å². The minimum Gasteiger partial charge on any atom is -0.299 e. The molecule has 1 aromatic carbocycles. The average molecular weight is 165 g/mol. The van der Waals surface area contributed by atoms with Crippen molar-refractivity contribution in [2.75, 3.05) is 7.05 Å². The lowest BCUT2D eigenvalue weighted by molar-refractivity contribution is -0.000607. The Morgan fingerprint density at radius 2 is 2.00 bits per heavy atom. The predicted molar refractivity (Wildman–Crippen MR) is 49.8 cm³/mol. The van der Waals surface area contributed by atoms with Crippen LogP contribution in [0.1, 0.15) is 12.5 Å². The van der Waals surface area contributed by atoms with Crippen LogP contribution < -0.4 is 5.48 Å². The smallest absolute Gasteiger partial charge is 0.0802 e. The molecule has 0 aliphatic heterocycles. The van der Waals surface area contributed by atoms with Crippen molar-refractivity contribution in [1.29, 1.82) is 0 Å². The maximum absolute atomic E-state index is 5.20. The quantitative estimate of drug-likeness (QED) is 0.686. The van der Waals surface area contributed by atoms with Crippen molar-refractivity contribution in [3.8, 4) is 0 Å². The van der Waals surface area contributed by atoms with Gasteiger partial charge in [0.15, 0.2) is 0 Å². The molecule has 0 amide bonds. The molecule has 0 aromatic heterocycles. The van der Waals surface area contributed by atoms with Gasteiger partial charge in [-0.1, -0.05) is 30.3 Å². The van der Waals surface area contributed by atoms with Crippen molar-refractivity contribution in [2.45, 2.75) is 19.4 Å². The second-order valence-corrected chi connectivity index (χ2v) is 2.82. The third-order valence-electron chi connectivity index (χ3n) is 1.69. The molecule has 66 valence electrons. The van der Waals surface area contributed by atoms with Gasteiger partial charge in [0.1, 0.15) is 0 Å². The van der Waals surface area contributed by atoms with E-state index < -0.39 is 0 Å². The monoisotopic (exact) mass is 165 g/mol. The molecule has 0 aliphatic rings. The zero-order chi connectivity index (χ0) is 8.81. The normalized spacial score (nSPS) is 12.8. The number of benzene rings is 1. The number of hydrogen-bond acceptors (Lipinski definition) is 2. The van der Waals surface area contributed by atoms with Gasteiger partial charge in [0.25, 0.3) is 0 Å². The van der Waals surface area contributed by atoms with Gasteiger partial charge in [-0.05, 0) is 12.5 Å². The molecule has 0 saturated heterocycles. The van der Waals surface area contributed by atoms with Crippen molar-refractivity contribution >= 4 is 0 Å². The molecule has 0 heterocycles. The molecule has 1 atom stereocenters. The summed E-state index contributed by atoms with van der Waals surface area (Å²) >= 11 is 0. The zero-order valence-electron chi connectivity index (χ0n) is 7.58. The Hall–Kier alpha value is -0.860. The summed E-state index contributed by atoms with van der Waals surface area (Å²) in [5, 5.41) is 0. The van der Waals surface area contributed by atoms with Crippen LogP contribution >= 0.6 is 0 Å². The highest BCUT2D eigenvalue weighted by molar-refractivity contribution is 5.15. The Labute approximate surface area is 73.5 Å².